The molecular formula is C22H26N2OS. The molecule has 0 saturated heterocycles. The number of carbonyl (C=O) groups excluding carboxylic acids is 1. The summed E-state index contributed by atoms with van der Waals surface area (Å²) in [5.74, 6) is 1.54. The molecule has 1 heterocycles. The van der Waals surface area contributed by atoms with Crippen molar-refractivity contribution in [3.8, 4) is 0 Å². The molecule has 3 nitrogen and oxygen atoms in total. The van der Waals surface area contributed by atoms with Gasteiger partial charge in [0.15, 0.2) is 0 Å². The van der Waals surface area contributed by atoms with Gasteiger partial charge in [0.1, 0.15) is 0 Å². The lowest BCUT2D eigenvalue weighted by Crippen LogP contribution is -2.15. The molecule has 0 aliphatic carbocycles. The number of nitrogens with zero attached hydrogens (tertiary/aromatic N) is 2. The normalized spacial score (nSPS) is 19.4. The van der Waals surface area contributed by atoms with Crippen LogP contribution in [0.15, 0.2) is 81.2 Å². The van der Waals surface area contributed by atoms with E-state index in [4.69, 9.17) is 4.36 Å². The maximum atomic E-state index is 12.4. The molecule has 3 rings (SSSR count). The largest absolute Gasteiger partial charge is 0.278 e. The molecular weight excluding hydrogens is 340 g/mol. The summed E-state index contributed by atoms with van der Waals surface area (Å²) in [5.41, 5.74) is 3.26. The average molecular weight is 367 g/mol. The van der Waals surface area contributed by atoms with Crippen LogP contribution in [0.5, 0.6) is 0 Å². The zero-order chi connectivity index (χ0) is 18.2. The number of rotatable bonds is 8. The maximum Gasteiger partial charge on any atom is 0.278 e. The van der Waals surface area contributed by atoms with Gasteiger partial charge in [-0.3, -0.25) is 4.79 Å². The summed E-state index contributed by atoms with van der Waals surface area (Å²) >= 11 is 0. The first-order valence-corrected chi connectivity index (χ1v) is 11.1. The third-order valence-electron chi connectivity index (χ3n) is 4.38. The van der Waals surface area contributed by atoms with Crippen LogP contribution in [0.3, 0.4) is 0 Å². The van der Waals surface area contributed by atoms with E-state index in [2.05, 4.69) is 35.6 Å². The predicted molar refractivity (Wildman–Crippen MR) is 110 cm³/mol. The van der Waals surface area contributed by atoms with Gasteiger partial charge in [0, 0.05) is 24.0 Å². The Morgan fingerprint density at radius 1 is 0.846 bits per heavy atom. The van der Waals surface area contributed by atoms with Gasteiger partial charge in [0.05, 0.1) is 5.70 Å². The van der Waals surface area contributed by atoms with Crippen molar-refractivity contribution in [1.82, 2.24) is 0 Å². The van der Waals surface area contributed by atoms with Gasteiger partial charge in [-0.2, -0.15) is 4.36 Å². The fourth-order valence-corrected chi connectivity index (χ4v) is 5.97. The first-order chi connectivity index (χ1) is 12.7. The molecule has 26 heavy (non-hydrogen) atoms. The molecule has 0 fully saturated rings. The summed E-state index contributed by atoms with van der Waals surface area (Å²) < 4.78 is 9.66. The Balaban J connectivity index is 1.94. The molecule has 2 aromatic carbocycles. The minimum Gasteiger partial charge on any atom is -0.267 e. The van der Waals surface area contributed by atoms with Crippen LogP contribution in [0, 0.1) is 0 Å². The monoisotopic (exact) mass is 366 g/mol. The molecule has 0 saturated carbocycles. The molecule has 136 valence electrons. The minimum atomic E-state index is -1.71. The summed E-state index contributed by atoms with van der Waals surface area (Å²) in [6.45, 7) is 2.19. The Bertz CT molecular complexity index is 892. The van der Waals surface area contributed by atoms with E-state index in [0.717, 1.165) is 36.5 Å². The zero-order valence-electron chi connectivity index (χ0n) is 15.3. The van der Waals surface area contributed by atoms with Gasteiger partial charge >= 0.3 is 0 Å². The number of carbonyl (C=O) groups is 1. The van der Waals surface area contributed by atoms with E-state index < -0.39 is 9.62 Å². The van der Waals surface area contributed by atoms with E-state index in [1.807, 2.05) is 36.4 Å². The minimum absolute atomic E-state index is 0.117. The number of allylic oxidation sites excluding steroid dienone is 1. The van der Waals surface area contributed by atoms with Crippen LogP contribution in [0.2, 0.25) is 0 Å². The van der Waals surface area contributed by atoms with E-state index in [1.165, 1.54) is 11.1 Å². The molecule has 0 N–H and O–H groups in total. The summed E-state index contributed by atoms with van der Waals surface area (Å²) in [5, 5.41) is 0. The second-order valence-electron chi connectivity index (χ2n) is 6.66. The standard InChI is InChI=1S/C22H26N2OS/c1-2-3-10-15-26(18-20-13-8-5-9-14-20)23-21(17-22(25)24-26)16-19-11-6-4-7-12-19/h4-9,11-14,17H,2-3,10,15-16,18H2,1H3. The van der Waals surface area contributed by atoms with Crippen molar-refractivity contribution >= 4 is 15.5 Å². The van der Waals surface area contributed by atoms with Crippen LogP contribution in [-0.4, -0.2) is 11.7 Å². The molecule has 4 heteroatoms. The van der Waals surface area contributed by atoms with Gasteiger partial charge in [0.2, 0.25) is 0 Å². The molecule has 0 aromatic heterocycles. The Morgan fingerprint density at radius 3 is 2.15 bits per heavy atom. The topological polar surface area (TPSA) is 41.8 Å². The fourth-order valence-electron chi connectivity index (χ4n) is 3.14. The highest BCUT2D eigenvalue weighted by atomic mass is 32.2. The molecule has 0 bridgehead atoms. The molecule has 0 radical (unpaired) electrons. The van der Waals surface area contributed by atoms with Gasteiger partial charge < -0.3 is 0 Å². The highest BCUT2D eigenvalue weighted by Gasteiger charge is 2.17. The highest BCUT2D eigenvalue weighted by Crippen LogP contribution is 2.23. The van der Waals surface area contributed by atoms with Gasteiger partial charge in [0.25, 0.3) is 5.91 Å². The van der Waals surface area contributed by atoms with E-state index in [-0.39, 0.29) is 5.91 Å². The third kappa shape index (κ3) is 5.15. The average Bonchev–Trinajstić information content (AvgIpc) is 2.63. The smallest absolute Gasteiger partial charge is 0.267 e. The van der Waals surface area contributed by atoms with Crippen molar-refractivity contribution in [3.63, 3.8) is 0 Å². The van der Waals surface area contributed by atoms with Crippen LogP contribution >= 0.6 is 0 Å². The van der Waals surface area contributed by atoms with Crippen LogP contribution < -0.4 is 0 Å². The summed E-state index contributed by atoms with van der Waals surface area (Å²) in [6, 6.07) is 20.5. The van der Waals surface area contributed by atoms with Crippen LogP contribution in [0.25, 0.3) is 0 Å². The van der Waals surface area contributed by atoms with Gasteiger partial charge in [-0.25, -0.2) is 4.36 Å². The van der Waals surface area contributed by atoms with Crippen molar-refractivity contribution in [2.75, 3.05) is 5.75 Å². The van der Waals surface area contributed by atoms with Crippen molar-refractivity contribution in [1.29, 1.82) is 0 Å². The first kappa shape index (κ1) is 18.6. The highest BCUT2D eigenvalue weighted by molar-refractivity contribution is 7.95. The van der Waals surface area contributed by atoms with E-state index in [0.29, 0.717) is 6.42 Å². The van der Waals surface area contributed by atoms with Crippen molar-refractivity contribution in [2.45, 2.75) is 38.4 Å². The summed E-state index contributed by atoms with van der Waals surface area (Å²) in [7, 11) is -1.71. The third-order valence-corrected chi connectivity index (χ3v) is 7.21. The van der Waals surface area contributed by atoms with E-state index in [1.54, 1.807) is 6.08 Å². The number of hydrogen-bond acceptors (Lipinski definition) is 2. The van der Waals surface area contributed by atoms with Crippen LogP contribution in [0.4, 0.5) is 0 Å². The lowest BCUT2D eigenvalue weighted by molar-refractivity contribution is -0.113. The lowest BCUT2D eigenvalue weighted by Gasteiger charge is -2.20. The molecule has 0 spiro atoms. The molecule has 2 aromatic rings. The first-order valence-electron chi connectivity index (χ1n) is 9.26. The summed E-state index contributed by atoms with van der Waals surface area (Å²) in [6.07, 6.45) is 5.68. The van der Waals surface area contributed by atoms with Crippen molar-refractivity contribution in [3.05, 3.63) is 83.6 Å². The van der Waals surface area contributed by atoms with Crippen LogP contribution in [0.1, 0.15) is 37.3 Å². The SMILES string of the molecule is CCCCCS1(Cc2ccccc2)=NC(=O)C=C(Cc2ccccc2)N=1. The molecule has 1 amide bonds. The number of benzene rings is 2. The number of unbranched alkanes of at least 4 members (excludes halogenated alkanes) is 2. The van der Waals surface area contributed by atoms with Gasteiger partial charge in [-0.05, 0) is 27.2 Å². The van der Waals surface area contributed by atoms with Crippen molar-refractivity contribution in [2.24, 2.45) is 8.73 Å². The molecule has 1 aliphatic rings. The van der Waals surface area contributed by atoms with Crippen molar-refractivity contribution < 1.29 is 4.79 Å². The van der Waals surface area contributed by atoms with Crippen LogP contribution in [-0.2, 0) is 26.6 Å². The Kier molecular flexibility index (Phi) is 6.40. The maximum absolute atomic E-state index is 12.4. The van der Waals surface area contributed by atoms with E-state index in [9.17, 15) is 4.79 Å². The van der Waals surface area contributed by atoms with Gasteiger partial charge in [-0.15, -0.1) is 0 Å². The Morgan fingerprint density at radius 2 is 1.50 bits per heavy atom. The number of hydrogen-bond donors (Lipinski definition) is 0. The summed E-state index contributed by atoms with van der Waals surface area (Å²) in [4.78, 5) is 12.4. The lowest BCUT2D eigenvalue weighted by atomic mass is 10.1. The second-order valence-corrected chi connectivity index (χ2v) is 9.33. The number of amides is 1. The van der Waals surface area contributed by atoms with Gasteiger partial charge in [-0.1, -0.05) is 80.4 Å². The quantitative estimate of drug-likeness (QED) is 0.564. The Labute approximate surface area is 157 Å². The second kappa shape index (κ2) is 8.95. The van der Waals surface area contributed by atoms with E-state index >= 15 is 0 Å². The molecule has 1 atom stereocenters. The zero-order valence-corrected chi connectivity index (χ0v) is 16.1. The fraction of sp³-hybridized carbons (Fsp3) is 0.318. The molecule has 1 aliphatic heterocycles. The molecule has 1 unspecified atom stereocenters. The predicted octanol–water partition coefficient (Wildman–Crippen LogP) is 5.56. The Hall–Kier alpha value is -2.20.